The van der Waals surface area contributed by atoms with Crippen LogP contribution in [-0.4, -0.2) is 19.0 Å². The summed E-state index contributed by atoms with van der Waals surface area (Å²) in [5, 5.41) is 0. The van der Waals surface area contributed by atoms with Crippen LogP contribution in [0.4, 0.5) is 4.39 Å². The van der Waals surface area contributed by atoms with Gasteiger partial charge in [-0.25, -0.2) is 4.39 Å². The molecule has 0 unspecified atom stereocenters. The highest BCUT2D eigenvalue weighted by Crippen LogP contribution is 2.31. The first-order valence-electron chi connectivity index (χ1n) is 6.70. The second kappa shape index (κ2) is 6.32. The zero-order chi connectivity index (χ0) is 15.5. The van der Waals surface area contributed by atoms with E-state index in [-0.39, 0.29) is 11.6 Å². The summed E-state index contributed by atoms with van der Waals surface area (Å²) < 4.78 is 25.2. The molecule has 0 N–H and O–H groups in total. The van der Waals surface area contributed by atoms with E-state index in [1.165, 1.54) is 18.2 Å². The van der Waals surface area contributed by atoms with E-state index in [1.54, 1.807) is 30.3 Å². The molecule has 0 aromatic heterocycles. The van der Waals surface area contributed by atoms with Gasteiger partial charge in [0.05, 0.1) is 0 Å². The molecule has 0 bridgehead atoms. The summed E-state index contributed by atoms with van der Waals surface area (Å²) in [6.07, 6.45) is 2.80. The number of hydrogen-bond acceptors (Lipinski definition) is 3. The summed E-state index contributed by atoms with van der Waals surface area (Å²) in [4.78, 5) is 12.2. The van der Waals surface area contributed by atoms with Gasteiger partial charge in [-0.15, -0.1) is 0 Å². The van der Waals surface area contributed by atoms with Crippen LogP contribution >= 0.6 is 15.9 Å². The number of ketones is 1. The third-order valence-corrected chi connectivity index (χ3v) is 3.69. The summed E-state index contributed by atoms with van der Waals surface area (Å²) in [6.45, 7) is 0.964. The van der Waals surface area contributed by atoms with Gasteiger partial charge in [0.15, 0.2) is 17.3 Å². The first-order chi connectivity index (χ1) is 10.6. The zero-order valence-corrected chi connectivity index (χ0v) is 13.1. The average molecular weight is 363 g/mol. The molecule has 1 aliphatic rings. The van der Waals surface area contributed by atoms with Crippen molar-refractivity contribution in [3.63, 3.8) is 0 Å². The molecule has 5 heteroatoms. The smallest absolute Gasteiger partial charge is 0.185 e. The Morgan fingerprint density at radius 3 is 2.68 bits per heavy atom. The molecule has 112 valence electrons. The number of halogens is 2. The number of hydrogen-bond donors (Lipinski definition) is 0. The number of benzene rings is 2. The van der Waals surface area contributed by atoms with Gasteiger partial charge in [-0.2, -0.15) is 0 Å². The highest BCUT2D eigenvalue weighted by atomic mass is 79.9. The Kier molecular flexibility index (Phi) is 4.24. The SMILES string of the molecule is O=C(/C=C/c1cc(Br)ccc1F)c1ccc2c(c1)OCCO2. The van der Waals surface area contributed by atoms with Gasteiger partial charge in [0.25, 0.3) is 0 Å². The number of ether oxygens (including phenoxy) is 2. The lowest BCUT2D eigenvalue weighted by Crippen LogP contribution is -2.15. The van der Waals surface area contributed by atoms with E-state index in [9.17, 15) is 9.18 Å². The fraction of sp³-hybridized carbons (Fsp3) is 0.118. The second-order valence-electron chi connectivity index (χ2n) is 4.72. The van der Waals surface area contributed by atoms with Crippen LogP contribution in [0.25, 0.3) is 6.08 Å². The Hall–Kier alpha value is -2.14. The van der Waals surface area contributed by atoms with Crippen LogP contribution in [0, 0.1) is 5.82 Å². The summed E-state index contributed by atoms with van der Waals surface area (Å²) in [5.41, 5.74) is 0.816. The van der Waals surface area contributed by atoms with Crippen molar-refractivity contribution in [2.45, 2.75) is 0 Å². The Balaban J connectivity index is 1.82. The Labute approximate surface area is 135 Å². The standard InChI is InChI=1S/C17H12BrFO3/c18-13-3-4-14(19)11(9-13)1-5-15(20)12-2-6-16-17(10-12)22-8-7-21-16/h1-6,9-10H,7-8H2/b5-1+. The maximum atomic E-state index is 13.6. The second-order valence-corrected chi connectivity index (χ2v) is 5.64. The van der Waals surface area contributed by atoms with Gasteiger partial charge in [-0.1, -0.05) is 15.9 Å². The van der Waals surface area contributed by atoms with Crippen molar-refractivity contribution in [2.24, 2.45) is 0 Å². The molecule has 22 heavy (non-hydrogen) atoms. The number of allylic oxidation sites excluding steroid dienone is 1. The first-order valence-corrected chi connectivity index (χ1v) is 7.50. The maximum Gasteiger partial charge on any atom is 0.185 e. The highest BCUT2D eigenvalue weighted by Gasteiger charge is 2.13. The Morgan fingerprint density at radius 2 is 1.86 bits per heavy atom. The van der Waals surface area contributed by atoms with Crippen LogP contribution in [0.3, 0.4) is 0 Å². The van der Waals surface area contributed by atoms with Crippen molar-refractivity contribution >= 4 is 27.8 Å². The average Bonchev–Trinajstić information content (AvgIpc) is 2.55. The van der Waals surface area contributed by atoms with E-state index < -0.39 is 0 Å². The number of rotatable bonds is 3. The molecule has 2 aromatic carbocycles. The molecule has 2 aromatic rings. The van der Waals surface area contributed by atoms with Crippen LogP contribution in [-0.2, 0) is 0 Å². The van der Waals surface area contributed by atoms with Crippen LogP contribution in [0.1, 0.15) is 15.9 Å². The van der Waals surface area contributed by atoms with E-state index in [1.807, 2.05) is 0 Å². The van der Waals surface area contributed by atoms with Crippen LogP contribution < -0.4 is 9.47 Å². The molecule has 1 heterocycles. The normalized spacial score (nSPS) is 13.4. The molecule has 0 atom stereocenters. The van der Waals surface area contributed by atoms with Gasteiger partial charge in [-0.05, 0) is 48.6 Å². The van der Waals surface area contributed by atoms with E-state index >= 15 is 0 Å². The van der Waals surface area contributed by atoms with Crippen LogP contribution in [0.2, 0.25) is 0 Å². The van der Waals surface area contributed by atoms with Gasteiger partial charge in [0.1, 0.15) is 19.0 Å². The van der Waals surface area contributed by atoms with Gasteiger partial charge in [0, 0.05) is 15.6 Å². The van der Waals surface area contributed by atoms with Gasteiger partial charge >= 0.3 is 0 Å². The Morgan fingerprint density at radius 1 is 1.09 bits per heavy atom. The summed E-state index contributed by atoms with van der Waals surface area (Å²) in [6, 6.07) is 9.57. The molecule has 0 amide bonds. The molecule has 0 fully saturated rings. The predicted molar refractivity (Wildman–Crippen MR) is 84.9 cm³/mol. The molecule has 3 rings (SSSR count). The molecule has 0 radical (unpaired) electrons. The van der Waals surface area contributed by atoms with Gasteiger partial charge in [0.2, 0.25) is 0 Å². The van der Waals surface area contributed by atoms with E-state index in [4.69, 9.17) is 9.47 Å². The monoisotopic (exact) mass is 362 g/mol. The molecular formula is C17H12BrFO3. The highest BCUT2D eigenvalue weighted by molar-refractivity contribution is 9.10. The zero-order valence-electron chi connectivity index (χ0n) is 11.5. The third-order valence-electron chi connectivity index (χ3n) is 3.20. The van der Waals surface area contributed by atoms with E-state index in [2.05, 4.69) is 15.9 Å². The van der Waals surface area contributed by atoms with Crippen molar-refractivity contribution in [1.29, 1.82) is 0 Å². The topological polar surface area (TPSA) is 35.5 Å². The minimum Gasteiger partial charge on any atom is -0.486 e. The fourth-order valence-electron chi connectivity index (χ4n) is 2.10. The van der Waals surface area contributed by atoms with Gasteiger partial charge in [-0.3, -0.25) is 4.79 Å². The quantitative estimate of drug-likeness (QED) is 0.604. The number of fused-ring (bicyclic) bond motifs is 1. The molecule has 0 saturated carbocycles. The fourth-order valence-corrected chi connectivity index (χ4v) is 2.48. The van der Waals surface area contributed by atoms with Crippen molar-refractivity contribution < 1.29 is 18.7 Å². The third kappa shape index (κ3) is 3.20. The molecule has 0 aliphatic carbocycles. The Bertz CT molecular complexity index is 756. The van der Waals surface area contributed by atoms with Crippen molar-refractivity contribution in [3.8, 4) is 11.5 Å². The lowest BCUT2D eigenvalue weighted by atomic mass is 10.1. The summed E-state index contributed by atoms with van der Waals surface area (Å²) in [7, 11) is 0. The van der Waals surface area contributed by atoms with Crippen molar-refractivity contribution in [2.75, 3.05) is 13.2 Å². The molecule has 3 nitrogen and oxygen atoms in total. The van der Waals surface area contributed by atoms with Crippen LogP contribution in [0.5, 0.6) is 11.5 Å². The predicted octanol–water partition coefficient (Wildman–Crippen LogP) is 4.26. The molecule has 1 aliphatic heterocycles. The number of carbonyl (C=O) groups excluding carboxylic acids is 1. The minimum absolute atomic E-state index is 0.226. The van der Waals surface area contributed by atoms with E-state index in [0.29, 0.717) is 35.8 Å². The first kappa shape index (κ1) is 14.8. The molecular weight excluding hydrogens is 351 g/mol. The van der Waals surface area contributed by atoms with E-state index in [0.717, 1.165) is 4.47 Å². The van der Waals surface area contributed by atoms with Gasteiger partial charge < -0.3 is 9.47 Å². The lowest BCUT2D eigenvalue weighted by Gasteiger charge is -2.18. The van der Waals surface area contributed by atoms with Crippen molar-refractivity contribution in [3.05, 3.63) is 63.9 Å². The molecule has 0 spiro atoms. The molecule has 0 saturated heterocycles. The number of carbonyl (C=O) groups is 1. The van der Waals surface area contributed by atoms with Crippen LogP contribution in [0.15, 0.2) is 46.9 Å². The van der Waals surface area contributed by atoms with Crippen molar-refractivity contribution in [1.82, 2.24) is 0 Å². The minimum atomic E-state index is -0.380. The maximum absolute atomic E-state index is 13.6. The summed E-state index contributed by atoms with van der Waals surface area (Å²) in [5.74, 6) is 0.578. The summed E-state index contributed by atoms with van der Waals surface area (Å²) >= 11 is 3.27. The largest absolute Gasteiger partial charge is 0.486 e. The lowest BCUT2D eigenvalue weighted by molar-refractivity contribution is 0.104.